The Morgan fingerprint density at radius 1 is 1.22 bits per heavy atom. The Hall–Kier alpha value is 1.64. The van der Waals surface area contributed by atoms with E-state index in [1.165, 1.54) is 0 Å². The first kappa shape index (κ1) is 10.6. The standard InChI is InChI=1S/C4H5BrCl4/c1-2-3(6,7)4(5,8)9/h2H2,1H3. The van der Waals surface area contributed by atoms with Crippen LogP contribution in [0.5, 0.6) is 0 Å². The summed E-state index contributed by atoms with van der Waals surface area (Å²) in [6.45, 7) is 1.79. The van der Waals surface area contributed by atoms with Gasteiger partial charge in [0.2, 0.25) is 3.24 Å². The third kappa shape index (κ3) is 3.02. The molecule has 0 aliphatic heterocycles. The van der Waals surface area contributed by atoms with E-state index in [0.29, 0.717) is 6.42 Å². The van der Waals surface area contributed by atoms with Crippen molar-refractivity contribution in [2.75, 3.05) is 0 Å². The van der Waals surface area contributed by atoms with Crippen LogP contribution in [0.25, 0.3) is 0 Å². The fourth-order valence-corrected chi connectivity index (χ4v) is 0.748. The smallest absolute Gasteiger partial charge is 0.0973 e. The summed E-state index contributed by atoms with van der Waals surface area (Å²) >= 11 is 25.3. The first-order chi connectivity index (χ1) is 3.81. The maximum absolute atomic E-state index is 5.65. The second-order valence-corrected chi connectivity index (χ2v) is 6.47. The van der Waals surface area contributed by atoms with Crippen LogP contribution in [0.2, 0.25) is 0 Å². The fourth-order valence-electron chi connectivity index (χ4n) is 0.200. The van der Waals surface area contributed by atoms with Crippen LogP contribution >= 0.6 is 62.3 Å². The van der Waals surface area contributed by atoms with E-state index in [1.54, 1.807) is 6.92 Å². The molecule has 0 amide bonds. The molecule has 0 aromatic carbocycles. The van der Waals surface area contributed by atoms with Crippen LogP contribution in [0.15, 0.2) is 0 Å². The van der Waals surface area contributed by atoms with Gasteiger partial charge in [-0.3, -0.25) is 0 Å². The molecule has 0 aromatic heterocycles. The average molecular weight is 275 g/mol. The van der Waals surface area contributed by atoms with E-state index in [4.69, 9.17) is 46.4 Å². The highest BCUT2D eigenvalue weighted by atomic mass is 79.9. The van der Waals surface area contributed by atoms with Gasteiger partial charge in [0.05, 0.1) is 0 Å². The van der Waals surface area contributed by atoms with Crippen LogP contribution in [0.3, 0.4) is 0 Å². The molecule has 0 saturated heterocycles. The van der Waals surface area contributed by atoms with Gasteiger partial charge in [-0.1, -0.05) is 53.3 Å². The number of halogens is 5. The third-order valence-corrected chi connectivity index (χ3v) is 4.13. The van der Waals surface area contributed by atoms with Crippen LogP contribution in [0, 0.1) is 0 Å². The molecule has 9 heavy (non-hydrogen) atoms. The zero-order valence-electron chi connectivity index (χ0n) is 4.60. The highest BCUT2D eigenvalue weighted by molar-refractivity contribution is 9.11. The lowest BCUT2D eigenvalue weighted by atomic mass is 10.4. The van der Waals surface area contributed by atoms with Crippen molar-refractivity contribution in [3.63, 3.8) is 0 Å². The molecule has 0 radical (unpaired) electrons. The van der Waals surface area contributed by atoms with Crippen molar-refractivity contribution < 1.29 is 0 Å². The van der Waals surface area contributed by atoms with Crippen LogP contribution in [0.4, 0.5) is 0 Å². The Morgan fingerprint density at radius 3 is 1.56 bits per heavy atom. The largest absolute Gasteiger partial charge is 0.204 e. The fraction of sp³-hybridized carbons (Fsp3) is 1.00. The van der Waals surface area contributed by atoms with Crippen molar-refractivity contribution in [2.24, 2.45) is 0 Å². The topological polar surface area (TPSA) is 0 Å². The van der Waals surface area contributed by atoms with Crippen molar-refractivity contribution >= 4 is 62.3 Å². The van der Waals surface area contributed by atoms with Gasteiger partial charge in [-0.25, -0.2) is 0 Å². The number of rotatable bonds is 2. The van der Waals surface area contributed by atoms with Crippen molar-refractivity contribution in [3.8, 4) is 0 Å². The Bertz CT molecular complexity index is 95.2. The summed E-state index contributed by atoms with van der Waals surface area (Å²) in [4.78, 5) is 0. The molecular formula is C4H5BrCl4. The van der Waals surface area contributed by atoms with E-state index in [9.17, 15) is 0 Å². The van der Waals surface area contributed by atoms with Crippen molar-refractivity contribution in [2.45, 2.75) is 20.9 Å². The Labute approximate surface area is 82.9 Å². The lowest BCUT2D eigenvalue weighted by molar-refractivity contribution is 0.775. The molecule has 0 fully saturated rings. The molecule has 0 rings (SSSR count). The first-order valence-electron chi connectivity index (χ1n) is 2.26. The molecule has 0 bridgehead atoms. The monoisotopic (exact) mass is 272 g/mol. The van der Waals surface area contributed by atoms with Gasteiger partial charge in [0, 0.05) is 0 Å². The van der Waals surface area contributed by atoms with Gasteiger partial charge in [0.25, 0.3) is 0 Å². The summed E-state index contributed by atoms with van der Waals surface area (Å²) in [5.41, 5.74) is 0. The van der Waals surface area contributed by atoms with Gasteiger partial charge in [-0.2, -0.15) is 0 Å². The first-order valence-corrected chi connectivity index (χ1v) is 4.56. The second kappa shape index (κ2) is 3.36. The second-order valence-electron chi connectivity index (χ2n) is 1.56. The molecule has 0 aromatic rings. The quantitative estimate of drug-likeness (QED) is 0.665. The van der Waals surface area contributed by atoms with Crippen molar-refractivity contribution in [1.29, 1.82) is 0 Å². The Morgan fingerprint density at radius 2 is 1.56 bits per heavy atom. The lowest BCUT2D eigenvalue weighted by Crippen LogP contribution is -2.29. The van der Waals surface area contributed by atoms with E-state index >= 15 is 0 Å². The number of alkyl halides is 5. The van der Waals surface area contributed by atoms with Gasteiger partial charge in [0.15, 0.2) is 4.33 Å². The van der Waals surface area contributed by atoms with E-state index in [1.807, 2.05) is 0 Å². The van der Waals surface area contributed by atoms with Crippen LogP contribution in [-0.2, 0) is 0 Å². The average Bonchev–Trinajstić information content (AvgIpc) is 1.64. The highest BCUT2D eigenvalue weighted by Gasteiger charge is 2.43. The zero-order valence-corrected chi connectivity index (χ0v) is 9.21. The van der Waals surface area contributed by atoms with Crippen LogP contribution < -0.4 is 0 Å². The summed E-state index contributed by atoms with van der Waals surface area (Å²) in [5.74, 6) is 0. The SMILES string of the molecule is CCC(Cl)(Cl)C(Cl)(Cl)Br. The minimum Gasteiger partial charge on any atom is -0.0973 e. The summed E-state index contributed by atoms with van der Waals surface area (Å²) in [5, 5.41) is 0. The van der Waals surface area contributed by atoms with Gasteiger partial charge < -0.3 is 0 Å². The zero-order chi connectivity index (χ0) is 7.71. The third-order valence-electron chi connectivity index (χ3n) is 0.859. The van der Waals surface area contributed by atoms with E-state index < -0.39 is 7.58 Å². The van der Waals surface area contributed by atoms with Crippen molar-refractivity contribution in [3.05, 3.63) is 0 Å². The van der Waals surface area contributed by atoms with Gasteiger partial charge >= 0.3 is 0 Å². The lowest BCUT2D eigenvalue weighted by Gasteiger charge is -2.25. The molecule has 0 nitrogen and oxygen atoms in total. The molecule has 0 saturated carbocycles. The summed E-state index contributed by atoms with van der Waals surface area (Å²) < 4.78 is -2.39. The number of hydrogen-bond acceptors (Lipinski definition) is 0. The predicted molar refractivity (Wildman–Crippen MR) is 48.1 cm³/mol. The molecule has 0 aliphatic carbocycles. The highest BCUT2D eigenvalue weighted by Crippen LogP contribution is 2.49. The molecule has 0 atom stereocenters. The molecule has 0 aliphatic rings. The Balaban J connectivity index is 4.14. The molecule has 0 unspecified atom stereocenters. The normalized spacial score (nSPS) is 14.0. The summed E-state index contributed by atoms with van der Waals surface area (Å²) in [7, 11) is 0. The van der Waals surface area contributed by atoms with Crippen LogP contribution in [-0.4, -0.2) is 7.58 Å². The Kier molecular flexibility index (Phi) is 3.97. The molecule has 0 spiro atoms. The minimum absolute atomic E-state index is 0.481. The van der Waals surface area contributed by atoms with Crippen LogP contribution in [0.1, 0.15) is 13.3 Å². The predicted octanol–water partition coefficient (Wildman–Crippen LogP) is 4.10. The molecule has 0 heterocycles. The van der Waals surface area contributed by atoms with E-state index in [0.717, 1.165) is 0 Å². The van der Waals surface area contributed by atoms with Crippen molar-refractivity contribution in [1.82, 2.24) is 0 Å². The van der Waals surface area contributed by atoms with Gasteiger partial charge in [-0.05, 0) is 22.4 Å². The molecule has 5 heteroatoms. The number of hydrogen-bond donors (Lipinski definition) is 0. The van der Waals surface area contributed by atoms with Gasteiger partial charge in [-0.15, -0.1) is 0 Å². The van der Waals surface area contributed by atoms with E-state index in [-0.39, 0.29) is 0 Å². The molecule has 56 valence electrons. The summed E-state index contributed by atoms with van der Waals surface area (Å²) in [6, 6.07) is 0. The van der Waals surface area contributed by atoms with Gasteiger partial charge in [0.1, 0.15) is 0 Å². The van der Waals surface area contributed by atoms with E-state index in [2.05, 4.69) is 15.9 Å². The minimum atomic E-state index is -1.27. The molecule has 0 N–H and O–H groups in total. The maximum atomic E-state index is 5.65. The summed E-state index contributed by atoms with van der Waals surface area (Å²) in [6.07, 6.45) is 0.481. The molecular weight excluding hydrogens is 270 g/mol. The maximum Gasteiger partial charge on any atom is 0.204 e.